The van der Waals surface area contributed by atoms with Crippen LogP contribution in [-0.4, -0.2) is 56.4 Å². The number of benzene rings is 3. The van der Waals surface area contributed by atoms with Gasteiger partial charge in [0.15, 0.2) is 11.5 Å². The van der Waals surface area contributed by atoms with E-state index < -0.39 is 5.41 Å². The van der Waals surface area contributed by atoms with Crippen molar-refractivity contribution >= 4 is 17.5 Å². The molecular formula is C28H24N2O6. The van der Waals surface area contributed by atoms with Crippen molar-refractivity contribution in [3.63, 3.8) is 0 Å². The summed E-state index contributed by atoms with van der Waals surface area (Å²) in [6, 6.07) is 19.0. The molecule has 0 saturated carbocycles. The average molecular weight is 485 g/mol. The van der Waals surface area contributed by atoms with Gasteiger partial charge in [0.1, 0.15) is 17.8 Å². The minimum absolute atomic E-state index is 0.0363. The molecule has 4 aliphatic rings. The van der Waals surface area contributed by atoms with Crippen LogP contribution in [-0.2, 0) is 21.5 Å². The molecule has 0 N–H and O–H groups in total. The number of anilines is 1. The van der Waals surface area contributed by atoms with Crippen LogP contribution in [0.15, 0.2) is 60.7 Å². The number of rotatable bonds is 3. The van der Waals surface area contributed by atoms with Crippen molar-refractivity contribution in [2.24, 2.45) is 0 Å². The molecule has 4 aliphatic heterocycles. The molecule has 0 aromatic heterocycles. The molecule has 1 atom stereocenters. The molecule has 0 bridgehead atoms. The van der Waals surface area contributed by atoms with Gasteiger partial charge >= 0.3 is 0 Å². The van der Waals surface area contributed by atoms with Crippen LogP contribution in [0.2, 0.25) is 0 Å². The van der Waals surface area contributed by atoms with Gasteiger partial charge in [-0.1, -0.05) is 36.4 Å². The van der Waals surface area contributed by atoms with Crippen LogP contribution in [0.1, 0.15) is 27.0 Å². The maximum atomic E-state index is 14.3. The monoisotopic (exact) mass is 484 g/mol. The first-order valence-electron chi connectivity index (χ1n) is 12.1. The molecule has 4 heterocycles. The molecular weight excluding hydrogens is 460 g/mol. The van der Waals surface area contributed by atoms with Crippen molar-refractivity contribution in [3.05, 3.63) is 82.9 Å². The van der Waals surface area contributed by atoms with Crippen LogP contribution >= 0.6 is 0 Å². The van der Waals surface area contributed by atoms with Crippen molar-refractivity contribution in [2.75, 3.05) is 44.6 Å². The summed E-state index contributed by atoms with van der Waals surface area (Å²) in [6.45, 7) is 2.82. The van der Waals surface area contributed by atoms with Gasteiger partial charge in [-0.05, 0) is 29.3 Å². The summed E-state index contributed by atoms with van der Waals surface area (Å²) >= 11 is 0. The van der Waals surface area contributed by atoms with Crippen LogP contribution in [0.25, 0.3) is 0 Å². The number of carbonyl (C=O) groups excluding carboxylic acids is 2. The standard InChI is InChI=1S/C28H24N2O6/c31-26(29-9-11-33-12-10-29)19-6-2-1-5-18(19)15-30-22-8-4-3-7-20(22)28(27(30)32)16-34-23-14-25-24(13-21(23)28)35-17-36-25/h1-8,13-14H,9-12,15-17H2. The first-order valence-corrected chi connectivity index (χ1v) is 12.1. The van der Waals surface area contributed by atoms with Crippen LogP contribution in [0.4, 0.5) is 5.69 Å². The zero-order valence-corrected chi connectivity index (χ0v) is 19.6. The Morgan fingerprint density at radius 3 is 2.47 bits per heavy atom. The maximum absolute atomic E-state index is 14.3. The topological polar surface area (TPSA) is 77.5 Å². The van der Waals surface area contributed by atoms with Crippen LogP contribution < -0.4 is 19.1 Å². The van der Waals surface area contributed by atoms with Crippen molar-refractivity contribution < 1.29 is 28.5 Å². The highest BCUT2D eigenvalue weighted by Gasteiger charge is 2.57. The van der Waals surface area contributed by atoms with E-state index in [1.165, 1.54) is 0 Å². The lowest BCUT2D eigenvalue weighted by Gasteiger charge is -2.28. The maximum Gasteiger partial charge on any atom is 0.254 e. The molecule has 1 fully saturated rings. The number of amides is 2. The molecule has 2 amide bonds. The van der Waals surface area contributed by atoms with Crippen LogP contribution in [0.3, 0.4) is 0 Å². The summed E-state index contributed by atoms with van der Waals surface area (Å²) in [5.41, 5.74) is 2.94. The number of ether oxygens (including phenoxy) is 4. The SMILES string of the molecule is O=C(c1ccccc1CN1C(=O)C2(COc3cc4c(cc32)OCO4)c2ccccc21)N1CCOCC1. The summed E-state index contributed by atoms with van der Waals surface area (Å²) in [4.78, 5) is 31.3. The van der Waals surface area contributed by atoms with Gasteiger partial charge in [0, 0.05) is 36.0 Å². The normalized spacial score (nSPS) is 21.5. The number of para-hydroxylation sites is 1. The van der Waals surface area contributed by atoms with E-state index in [2.05, 4.69) is 0 Å². The number of nitrogens with zero attached hydrogens (tertiary/aromatic N) is 2. The van der Waals surface area contributed by atoms with Gasteiger partial charge in [0.25, 0.3) is 5.91 Å². The Kier molecular flexibility index (Phi) is 4.72. The first-order chi connectivity index (χ1) is 17.7. The van der Waals surface area contributed by atoms with Gasteiger partial charge in [0.05, 0.1) is 19.8 Å². The molecule has 1 spiro atoms. The quantitative estimate of drug-likeness (QED) is 0.569. The Bertz CT molecular complexity index is 1400. The van der Waals surface area contributed by atoms with Crippen molar-refractivity contribution in [1.29, 1.82) is 0 Å². The molecule has 8 heteroatoms. The third kappa shape index (κ3) is 2.97. The minimum atomic E-state index is -0.976. The molecule has 7 rings (SSSR count). The Hall–Kier alpha value is -4.04. The van der Waals surface area contributed by atoms with E-state index in [4.69, 9.17) is 18.9 Å². The number of carbonyl (C=O) groups is 2. The third-order valence-corrected chi connectivity index (χ3v) is 7.52. The number of fused-ring (bicyclic) bond motifs is 5. The Morgan fingerprint density at radius 2 is 1.61 bits per heavy atom. The summed E-state index contributed by atoms with van der Waals surface area (Å²) in [5, 5.41) is 0. The summed E-state index contributed by atoms with van der Waals surface area (Å²) in [7, 11) is 0. The number of hydrogen-bond donors (Lipinski definition) is 0. The molecule has 0 radical (unpaired) electrons. The molecule has 1 saturated heterocycles. The predicted octanol–water partition coefficient (Wildman–Crippen LogP) is 3.11. The van der Waals surface area contributed by atoms with Gasteiger partial charge in [-0.3, -0.25) is 9.59 Å². The van der Waals surface area contributed by atoms with Gasteiger partial charge < -0.3 is 28.7 Å². The van der Waals surface area contributed by atoms with Gasteiger partial charge in [0.2, 0.25) is 12.7 Å². The zero-order valence-electron chi connectivity index (χ0n) is 19.6. The summed E-state index contributed by atoms with van der Waals surface area (Å²) in [5.74, 6) is 1.76. The molecule has 1 unspecified atom stereocenters. The Labute approximate surface area is 207 Å². The van der Waals surface area contributed by atoms with E-state index in [0.29, 0.717) is 49.1 Å². The lowest BCUT2D eigenvalue weighted by molar-refractivity contribution is -0.122. The smallest absolute Gasteiger partial charge is 0.254 e. The summed E-state index contributed by atoms with van der Waals surface area (Å²) < 4.78 is 22.6. The van der Waals surface area contributed by atoms with Crippen molar-refractivity contribution in [1.82, 2.24) is 4.90 Å². The Balaban J connectivity index is 1.29. The van der Waals surface area contributed by atoms with E-state index in [9.17, 15) is 9.59 Å². The third-order valence-electron chi connectivity index (χ3n) is 7.52. The summed E-state index contributed by atoms with van der Waals surface area (Å²) in [6.07, 6.45) is 0. The van der Waals surface area contributed by atoms with Crippen LogP contribution in [0.5, 0.6) is 17.2 Å². The van der Waals surface area contributed by atoms with Crippen molar-refractivity contribution in [2.45, 2.75) is 12.0 Å². The fourth-order valence-corrected chi connectivity index (χ4v) is 5.70. The van der Waals surface area contributed by atoms with Crippen molar-refractivity contribution in [3.8, 4) is 17.2 Å². The lowest BCUT2D eigenvalue weighted by Crippen LogP contribution is -2.43. The molecule has 3 aromatic carbocycles. The number of hydrogen-bond acceptors (Lipinski definition) is 6. The fraction of sp³-hybridized carbons (Fsp3) is 0.286. The van der Waals surface area contributed by atoms with E-state index >= 15 is 0 Å². The highest BCUT2D eigenvalue weighted by atomic mass is 16.7. The molecule has 8 nitrogen and oxygen atoms in total. The van der Waals surface area contributed by atoms with Gasteiger partial charge in [-0.2, -0.15) is 0 Å². The van der Waals surface area contributed by atoms with E-state index in [1.807, 2.05) is 59.5 Å². The lowest BCUT2D eigenvalue weighted by atomic mass is 9.77. The first kappa shape index (κ1) is 21.3. The second-order valence-electron chi connectivity index (χ2n) is 9.37. The van der Waals surface area contributed by atoms with Gasteiger partial charge in [-0.25, -0.2) is 0 Å². The van der Waals surface area contributed by atoms with E-state index in [-0.39, 0.29) is 31.8 Å². The highest BCUT2D eigenvalue weighted by Crippen LogP contribution is 2.55. The van der Waals surface area contributed by atoms with E-state index in [1.54, 1.807) is 11.0 Å². The fourth-order valence-electron chi connectivity index (χ4n) is 5.70. The average Bonchev–Trinajstić information content (AvgIpc) is 3.60. The Morgan fingerprint density at radius 1 is 0.861 bits per heavy atom. The zero-order chi connectivity index (χ0) is 24.3. The largest absolute Gasteiger partial charge is 0.491 e. The second kappa shape index (κ2) is 7.99. The number of morpholine rings is 1. The minimum Gasteiger partial charge on any atom is -0.491 e. The molecule has 182 valence electrons. The molecule has 0 aliphatic carbocycles. The highest BCUT2D eigenvalue weighted by molar-refractivity contribution is 6.11. The van der Waals surface area contributed by atoms with Gasteiger partial charge in [-0.15, -0.1) is 0 Å². The molecule has 36 heavy (non-hydrogen) atoms. The predicted molar refractivity (Wildman–Crippen MR) is 130 cm³/mol. The second-order valence-corrected chi connectivity index (χ2v) is 9.37. The molecule has 3 aromatic rings. The van der Waals surface area contributed by atoms with E-state index in [0.717, 1.165) is 22.4 Å². The van der Waals surface area contributed by atoms with Crippen LogP contribution in [0, 0.1) is 0 Å².